The number of aliphatic hydroxyl groups excluding tert-OH is 1. The van der Waals surface area contributed by atoms with Crippen molar-refractivity contribution in [3.8, 4) is 0 Å². The maximum absolute atomic E-state index is 12.3. The van der Waals surface area contributed by atoms with Crippen molar-refractivity contribution in [2.45, 2.75) is 58.6 Å². The summed E-state index contributed by atoms with van der Waals surface area (Å²) in [6, 6.07) is 0.310. The highest BCUT2D eigenvalue weighted by molar-refractivity contribution is 5.74. The largest absolute Gasteiger partial charge is 0.391 e. The SMILES string of the molecule is CC1CCN(C(=O)NC2CCCC(C)C2C)CC1O. The lowest BCUT2D eigenvalue weighted by Gasteiger charge is -2.38. The summed E-state index contributed by atoms with van der Waals surface area (Å²) in [7, 11) is 0. The number of aliphatic hydroxyl groups is 1. The van der Waals surface area contributed by atoms with E-state index >= 15 is 0 Å². The monoisotopic (exact) mass is 268 g/mol. The summed E-state index contributed by atoms with van der Waals surface area (Å²) in [6.45, 7) is 7.80. The zero-order valence-electron chi connectivity index (χ0n) is 12.4. The molecular formula is C15H28N2O2. The Balaban J connectivity index is 1.87. The molecule has 2 N–H and O–H groups in total. The first kappa shape index (κ1) is 14.6. The predicted molar refractivity (Wildman–Crippen MR) is 75.9 cm³/mol. The van der Waals surface area contributed by atoms with Crippen molar-refractivity contribution in [1.29, 1.82) is 0 Å². The fourth-order valence-corrected chi connectivity index (χ4v) is 3.27. The van der Waals surface area contributed by atoms with Crippen molar-refractivity contribution in [1.82, 2.24) is 10.2 Å². The minimum atomic E-state index is -0.373. The van der Waals surface area contributed by atoms with Gasteiger partial charge < -0.3 is 15.3 Å². The highest BCUT2D eigenvalue weighted by Crippen LogP contribution is 2.29. The number of amides is 2. The molecule has 2 fully saturated rings. The molecule has 0 aromatic carbocycles. The highest BCUT2D eigenvalue weighted by atomic mass is 16.3. The Labute approximate surface area is 116 Å². The third-order valence-electron chi connectivity index (χ3n) is 5.22. The van der Waals surface area contributed by atoms with Crippen LogP contribution in [-0.2, 0) is 0 Å². The second kappa shape index (κ2) is 6.12. The van der Waals surface area contributed by atoms with E-state index in [-0.39, 0.29) is 12.1 Å². The van der Waals surface area contributed by atoms with Crippen molar-refractivity contribution < 1.29 is 9.90 Å². The number of hydrogen-bond acceptors (Lipinski definition) is 2. The van der Waals surface area contributed by atoms with Gasteiger partial charge in [0.05, 0.1) is 6.10 Å². The molecule has 0 radical (unpaired) electrons. The number of rotatable bonds is 1. The molecule has 2 aliphatic rings. The molecule has 110 valence electrons. The van der Waals surface area contributed by atoms with E-state index < -0.39 is 0 Å². The lowest BCUT2D eigenvalue weighted by atomic mass is 9.78. The van der Waals surface area contributed by atoms with E-state index in [0.717, 1.165) is 19.4 Å². The first-order chi connectivity index (χ1) is 8.99. The van der Waals surface area contributed by atoms with E-state index in [1.54, 1.807) is 4.90 Å². The molecular weight excluding hydrogens is 240 g/mol. The number of hydrogen-bond donors (Lipinski definition) is 2. The fourth-order valence-electron chi connectivity index (χ4n) is 3.27. The van der Waals surface area contributed by atoms with Gasteiger partial charge in [-0.1, -0.05) is 33.6 Å². The fraction of sp³-hybridized carbons (Fsp3) is 0.933. The van der Waals surface area contributed by atoms with Crippen LogP contribution in [0.15, 0.2) is 0 Å². The van der Waals surface area contributed by atoms with Crippen molar-refractivity contribution in [3.05, 3.63) is 0 Å². The minimum absolute atomic E-state index is 0.0110. The van der Waals surface area contributed by atoms with Gasteiger partial charge in [0.25, 0.3) is 0 Å². The number of β-amino-alcohol motifs (C(OH)–C–C–N with tert-alkyl or cyclic N) is 1. The summed E-state index contributed by atoms with van der Waals surface area (Å²) in [5.74, 6) is 1.54. The van der Waals surface area contributed by atoms with Gasteiger partial charge in [-0.25, -0.2) is 4.79 Å². The zero-order valence-corrected chi connectivity index (χ0v) is 12.4. The van der Waals surface area contributed by atoms with Crippen LogP contribution in [0.4, 0.5) is 4.79 Å². The second-order valence-corrected chi connectivity index (χ2v) is 6.60. The number of carbonyl (C=O) groups excluding carboxylic acids is 1. The molecule has 1 saturated carbocycles. The molecule has 4 nitrogen and oxygen atoms in total. The highest BCUT2D eigenvalue weighted by Gasteiger charge is 2.32. The minimum Gasteiger partial charge on any atom is -0.391 e. The molecule has 4 heteroatoms. The maximum atomic E-state index is 12.3. The van der Waals surface area contributed by atoms with E-state index in [2.05, 4.69) is 19.2 Å². The summed E-state index contributed by atoms with van der Waals surface area (Å²) in [4.78, 5) is 14.0. The zero-order chi connectivity index (χ0) is 14.0. The normalized spacial score (nSPS) is 40.0. The molecule has 2 amide bonds. The Kier molecular flexibility index (Phi) is 4.71. The molecule has 0 aromatic heterocycles. The topological polar surface area (TPSA) is 52.6 Å². The van der Waals surface area contributed by atoms with E-state index in [9.17, 15) is 9.90 Å². The second-order valence-electron chi connectivity index (χ2n) is 6.60. The van der Waals surface area contributed by atoms with E-state index in [1.807, 2.05) is 6.92 Å². The van der Waals surface area contributed by atoms with Crippen molar-refractivity contribution >= 4 is 6.03 Å². The Bertz CT molecular complexity index is 321. The summed E-state index contributed by atoms with van der Waals surface area (Å²) in [6.07, 6.45) is 4.08. The average molecular weight is 268 g/mol. The summed E-state index contributed by atoms with van der Waals surface area (Å²) in [5, 5.41) is 13.1. The third kappa shape index (κ3) is 3.41. The van der Waals surface area contributed by atoms with E-state index in [0.29, 0.717) is 30.3 Å². The van der Waals surface area contributed by atoms with Crippen molar-refractivity contribution in [2.75, 3.05) is 13.1 Å². The Hall–Kier alpha value is -0.770. The van der Waals surface area contributed by atoms with E-state index in [4.69, 9.17) is 0 Å². The van der Waals surface area contributed by atoms with Crippen LogP contribution in [-0.4, -0.2) is 41.3 Å². The number of likely N-dealkylation sites (tertiary alicyclic amines) is 1. The number of carbonyl (C=O) groups is 1. The van der Waals surface area contributed by atoms with Crippen LogP contribution in [0.3, 0.4) is 0 Å². The van der Waals surface area contributed by atoms with Crippen LogP contribution in [0.2, 0.25) is 0 Å². The molecule has 1 heterocycles. The molecule has 2 rings (SSSR count). The quantitative estimate of drug-likeness (QED) is 0.766. The van der Waals surface area contributed by atoms with Crippen LogP contribution in [0.5, 0.6) is 0 Å². The Morgan fingerprint density at radius 2 is 1.89 bits per heavy atom. The van der Waals surface area contributed by atoms with Gasteiger partial charge in [-0.05, 0) is 30.6 Å². The van der Waals surface area contributed by atoms with Gasteiger partial charge in [-0.3, -0.25) is 0 Å². The first-order valence-corrected chi connectivity index (χ1v) is 7.72. The number of nitrogens with one attached hydrogen (secondary N) is 1. The summed E-state index contributed by atoms with van der Waals surface area (Å²) < 4.78 is 0. The lowest BCUT2D eigenvalue weighted by Crippen LogP contribution is -2.53. The standard InChI is InChI=1S/C15H28N2O2/c1-10-5-4-6-13(12(10)3)16-15(19)17-8-7-11(2)14(18)9-17/h10-14,18H,4-9H2,1-3H3,(H,16,19). The van der Waals surface area contributed by atoms with Crippen LogP contribution in [0.25, 0.3) is 0 Å². The van der Waals surface area contributed by atoms with Gasteiger partial charge in [-0.15, -0.1) is 0 Å². The number of piperidine rings is 1. The van der Waals surface area contributed by atoms with Crippen LogP contribution < -0.4 is 5.32 Å². The molecule has 1 aliphatic carbocycles. The molecule has 1 saturated heterocycles. The van der Waals surface area contributed by atoms with Crippen molar-refractivity contribution in [3.63, 3.8) is 0 Å². The summed E-state index contributed by atoms with van der Waals surface area (Å²) in [5.41, 5.74) is 0. The summed E-state index contributed by atoms with van der Waals surface area (Å²) >= 11 is 0. The Morgan fingerprint density at radius 1 is 1.16 bits per heavy atom. The molecule has 19 heavy (non-hydrogen) atoms. The van der Waals surface area contributed by atoms with Crippen molar-refractivity contribution in [2.24, 2.45) is 17.8 Å². The van der Waals surface area contributed by atoms with E-state index in [1.165, 1.54) is 12.8 Å². The Morgan fingerprint density at radius 3 is 2.58 bits per heavy atom. The maximum Gasteiger partial charge on any atom is 0.317 e. The number of urea groups is 1. The van der Waals surface area contributed by atoms with Crippen LogP contribution >= 0.6 is 0 Å². The van der Waals surface area contributed by atoms with Crippen LogP contribution in [0.1, 0.15) is 46.5 Å². The van der Waals surface area contributed by atoms with Gasteiger partial charge in [0.1, 0.15) is 0 Å². The molecule has 0 bridgehead atoms. The number of nitrogens with zero attached hydrogens (tertiary/aromatic N) is 1. The van der Waals surface area contributed by atoms with Gasteiger partial charge in [0, 0.05) is 19.1 Å². The third-order valence-corrected chi connectivity index (χ3v) is 5.22. The lowest BCUT2D eigenvalue weighted by molar-refractivity contribution is 0.0417. The van der Waals surface area contributed by atoms with Gasteiger partial charge in [0.15, 0.2) is 0 Å². The predicted octanol–water partition coefficient (Wildman–Crippen LogP) is 2.22. The molecule has 0 spiro atoms. The molecule has 1 aliphatic heterocycles. The molecule has 5 unspecified atom stereocenters. The molecule has 0 aromatic rings. The average Bonchev–Trinajstić information content (AvgIpc) is 2.38. The smallest absolute Gasteiger partial charge is 0.317 e. The van der Waals surface area contributed by atoms with Gasteiger partial charge in [0.2, 0.25) is 0 Å². The first-order valence-electron chi connectivity index (χ1n) is 7.72. The van der Waals surface area contributed by atoms with Gasteiger partial charge >= 0.3 is 6.03 Å². The van der Waals surface area contributed by atoms with Crippen LogP contribution in [0, 0.1) is 17.8 Å². The van der Waals surface area contributed by atoms with Gasteiger partial charge in [-0.2, -0.15) is 0 Å². The molecule has 5 atom stereocenters.